The van der Waals surface area contributed by atoms with E-state index in [1.165, 1.54) is 12.3 Å². The highest BCUT2D eigenvalue weighted by Crippen LogP contribution is 2.17. The number of nitrogen functional groups attached to an aromatic ring is 1. The molecule has 1 aromatic heterocycles. The molecule has 15 heavy (non-hydrogen) atoms. The molecule has 0 spiro atoms. The van der Waals surface area contributed by atoms with Crippen LogP contribution in [0.25, 0.3) is 0 Å². The Morgan fingerprint density at radius 2 is 1.87 bits per heavy atom. The first-order chi connectivity index (χ1) is 7.27. The van der Waals surface area contributed by atoms with Crippen molar-refractivity contribution in [2.45, 2.75) is 6.42 Å². The number of halogens is 1. The Morgan fingerprint density at radius 1 is 1.13 bits per heavy atom. The van der Waals surface area contributed by atoms with Crippen molar-refractivity contribution in [2.24, 2.45) is 0 Å². The van der Waals surface area contributed by atoms with Gasteiger partial charge in [0.2, 0.25) is 0 Å². The second-order valence-corrected chi connectivity index (χ2v) is 3.32. The maximum atomic E-state index is 13.4. The van der Waals surface area contributed by atoms with E-state index < -0.39 is 0 Å². The van der Waals surface area contributed by atoms with Crippen molar-refractivity contribution >= 4 is 5.82 Å². The molecule has 0 atom stereocenters. The Balaban J connectivity index is 2.32. The fourth-order valence-electron chi connectivity index (χ4n) is 1.46. The number of aromatic nitrogens is 1. The Hall–Kier alpha value is -1.90. The van der Waals surface area contributed by atoms with Crippen LogP contribution in [0.4, 0.5) is 10.2 Å². The van der Waals surface area contributed by atoms with Crippen molar-refractivity contribution in [1.29, 1.82) is 0 Å². The van der Waals surface area contributed by atoms with Gasteiger partial charge in [-0.3, -0.25) is 0 Å². The molecule has 0 radical (unpaired) electrons. The molecule has 2 rings (SSSR count). The number of nitrogens with zero attached hydrogens (tertiary/aromatic N) is 1. The lowest BCUT2D eigenvalue weighted by Crippen LogP contribution is -2.01. The zero-order chi connectivity index (χ0) is 10.7. The first-order valence-corrected chi connectivity index (χ1v) is 4.70. The summed E-state index contributed by atoms with van der Waals surface area (Å²) in [5.41, 5.74) is 7.10. The Labute approximate surface area is 87.6 Å². The molecular weight excluding hydrogens is 191 g/mol. The van der Waals surface area contributed by atoms with E-state index in [1.54, 1.807) is 0 Å². The zero-order valence-corrected chi connectivity index (χ0v) is 8.15. The molecular formula is C12H11FN2. The van der Waals surface area contributed by atoms with Gasteiger partial charge >= 0.3 is 0 Å². The van der Waals surface area contributed by atoms with E-state index in [0.717, 1.165) is 5.56 Å². The number of pyridine rings is 1. The van der Waals surface area contributed by atoms with E-state index in [1.807, 2.05) is 30.3 Å². The average Bonchev–Trinajstić information content (AvgIpc) is 2.25. The average molecular weight is 202 g/mol. The molecule has 0 saturated heterocycles. The van der Waals surface area contributed by atoms with Crippen molar-refractivity contribution in [3.8, 4) is 0 Å². The van der Waals surface area contributed by atoms with Gasteiger partial charge in [-0.25, -0.2) is 9.37 Å². The van der Waals surface area contributed by atoms with Gasteiger partial charge in [0.1, 0.15) is 11.6 Å². The van der Waals surface area contributed by atoms with E-state index in [-0.39, 0.29) is 11.6 Å². The van der Waals surface area contributed by atoms with Crippen LogP contribution in [-0.4, -0.2) is 4.98 Å². The summed E-state index contributed by atoms with van der Waals surface area (Å²) in [6.45, 7) is 0. The minimum absolute atomic E-state index is 0.263. The van der Waals surface area contributed by atoms with E-state index in [0.29, 0.717) is 12.0 Å². The molecule has 0 unspecified atom stereocenters. The number of rotatable bonds is 2. The molecule has 2 N–H and O–H groups in total. The molecule has 0 aliphatic carbocycles. The summed E-state index contributed by atoms with van der Waals surface area (Å²) in [6, 6.07) is 11.0. The molecule has 0 fully saturated rings. The van der Waals surface area contributed by atoms with Crippen LogP contribution in [-0.2, 0) is 6.42 Å². The smallest absolute Gasteiger partial charge is 0.131 e. The van der Waals surface area contributed by atoms with Gasteiger partial charge in [0, 0.05) is 18.2 Å². The molecule has 2 aromatic rings. The van der Waals surface area contributed by atoms with E-state index in [9.17, 15) is 4.39 Å². The quantitative estimate of drug-likeness (QED) is 0.812. The summed E-state index contributed by atoms with van der Waals surface area (Å²) in [5, 5.41) is 0. The molecule has 0 bridgehead atoms. The van der Waals surface area contributed by atoms with E-state index >= 15 is 0 Å². The lowest BCUT2D eigenvalue weighted by Gasteiger charge is -2.05. The molecule has 76 valence electrons. The first kappa shape index (κ1) is 9.65. The number of hydrogen-bond acceptors (Lipinski definition) is 2. The van der Waals surface area contributed by atoms with Gasteiger partial charge in [0.05, 0.1) is 0 Å². The predicted octanol–water partition coefficient (Wildman–Crippen LogP) is 2.39. The van der Waals surface area contributed by atoms with Crippen molar-refractivity contribution in [3.63, 3.8) is 0 Å². The topological polar surface area (TPSA) is 38.9 Å². The molecule has 2 nitrogen and oxygen atoms in total. The van der Waals surface area contributed by atoms with Gasteiger partial charge in [0.25, 0.3) is 0 Å². The first-order valence-electron chi connectivity index (χ1n) is 4.70. The fraction of sp³-hybridized carbons (Fsp3) is 0.0833. The number of nitrogens with two attached hydrogens (primary N) is 1. The maximum Gasteiger partial charge on any atom is 0.131 e. The minimum Gasteiger partial charge on any atom is -0.383 e. The van der Waals surface area contributed by atoms with Gasteiger partial charge in [-0.1, -0.05) is 30.3 Å². The summed E-state index contributed by atoms with van der Waals surface area (Å²) in [6.07, 6.45) is 1.85. The van der Waals surface area contributed by atoms with Gasteiger partial charge in [-0.15, -0.1) is 0 Å². The van der Waals surface area contributed by atoms with E-state index in [2.05, 4.69) is 4.98 Å². The minimum atomic E-state index is -0.300. The summed E-state index contributed by atoms with van der Waals surface area (Å²) in [5.74, 6) is -0.0368. The van der Waals surface area contributed by atoms with Crippen molar-refractivity contribution in [3.05, 3.63) is 59.5 Å². The third kappa shape index (κ3) is 2.13. The normalized spacial score (nSPS) is 10.2. The summed E-state index contributed by atoms with van der Waals surface area (Å²) >= 11 is 0. The lowest BCUT2D eigenvalue weighted by molar-refractivity contribution is 0.612. The van der Waals surface area contributed by atoms with Crippen LogP contribution in [0.5, 0.6) is 0 Å². The van der Waals surface area contributed by atoms with Crippen LogP contribution in [0.3, 0.4) is 0 Å². The Bertz CT molecular complexity index is 434. The summed E-state index contributed by atoms with van der Waals surface area (Å²) < 4.78 is 13.4. The highest BCUT2D eigenvalue weighted by atomic mass is 19.1. The molecule has 1 heterocycles. The highest BCUT2D eigenvalue weighted by Gasteiger charge is 2.07. The van der Waals surface area contributed by atoms with Crippen molar-refractivity contribution in [1.82, 2.24) is 4.98 Å². The van der Waals surface area contributed by atoms with Gasteiger partial charge in [-0.2, -0.15) is 0 Å². The van der Waals surface area contributed by atoms with Crippen LogP contribution in [0.15, 0.2) is 42.6 Å². The van der Waals surface area contributed by atoms with Crippen LogP contribution in [0.2, 0.25) is 0 Å². The van der Waals surface area contributed by atoms with Crippen LogP contribution in [0.1, 0.15) is 11.1 Å². The third-order valence-electron chi connectivity index (χ3n) is 2.26. The molecule has 1 aromatic carbocycles. The van der Waals surface area contributed by atoms with Gasteiger partial charge in [0.15, 0.2) is 0 Å². The second-order valence-electron chi connectivity index (χ2n) is 3.32. The maximum absolute atomic E-state index is 13.4. The lowest BCUT2D eigenvalue weighted by atomic mass is 10.1. The highest BCUT2D eigenvalue weighted by molar-refractivity contribution is 5.42. The van der Waals surface area contributed by atoms with Crippen molar-refractivity contribution < 1.29 is 4.39 Å². The van der Waals surface area contributed by atoms with Crippen LogP contribution in [0, 0.1) is 5.82 Å². The van der Waals surface area contributed by atoms with Gasteiger partial charge < -0.3 is 5.73 Å². The Morgan fingerprint density at radius 3 is 2.53 bits per heavy atom. The zero-order valence-electron chi connectivity index (χ0n) is 8.15. The fourth-order valence-corrected chi connectivity index (χ4v) is 1.46. The summed E-state index contributed by atoms with van der Waals surface area (Å²) in [4.78, 5) is 3.87. The molecule has 0 amide bonds. The largest absolute Gasteiger partial charge is 0.383 e. The Kier molecular flexibility index (Phi) is 2.63. The SMILES string of the molecule is Nc1nccc(F)c1Cc1ccccc1. The number of benzene rings is 1. The molecule has 3 heteroatoms. The monoisotopic (exact) mass is 202 g/mol. The number of anilines is 1. The molecule has 0 aliphatic heterocycles. The third-order valence-corrected chi connectivity index (χ3v) is 2.26. The molecule has 0 aliphatic rings. The van der Waals surface area contributed by atoms with Crippen LogP contribution >= 0.6 is 0 Å². The molecule has 0 saturated carbocycles. The van der Waals surface area contributed by atoms with Gasteiger partial charge in [-0.05, 0) is 11.6 Å². The van der Waals surface area contributed by atoms with Crippen LogP contribution < -0.4 is 5.73 Å². The van der Waals surface area contributed by atoms with E-state index in [4.69, 9.17) is 5.73 Å². The van der Waals surface area contributed by atoms with Crippen molar-refractivity contribution in [2.75, 3.05) is 5.73 Å². The number of hydrogen-bond donors (Lipinski definition) is 1. The standard InChI is InChI=1S/C12H11FN2/c13-11-6-7-15-12(14)10(11)8-9-4-2-1-3-5-9/h1-7H,8H2,(H2,14,15). The second kappa shape index (κ2) is 4.09. The predicted molar refractivity (Wildman–Crippen MR) is 57.9 cm³/mol. The summed E-state index contributed by atoms with van der Waals surface area (Å²) in [7, 11) is 0.